The average molecular weight is 483 g/mol. The molecule has 1 aromatic heterocycles. The average Bonchev–Trinajstić information content (AvgIpc) is 3.20. The van der Waals surface area contributed by atoms with Gasteiger partial charge in [-0.05, 0) is 66.5 Å². The summed E-state index contributed by atoms with van der Waals surface area (Å²) in [6, 6.07) is 29.7. The number of rotatable bonds is 6. The van der Waals surface area contributed by atoms with Gasteiger partial charge in [-0.25, -0.2) is 9.36 Å². The summed E-state index contributed by atoms with van der Waals surface area (Å²) >= 11 is 1.04. The van der Waals surface area contributed by atoms with E-state index >= 15 is 0 Å². The number of hydrogen-bond acceptors (Lipinski definition) is 5. The highest BCUT2D eigenvalue weighted by Crippen LogP contribution is 2.23. The van der Waals surface area contributed by atoms with Gasteiger partial charge < -0.3 is 0 Å². The second-order valence-electron chi connectivity index (χ2n) is 7.62. The van der Waals surface area contributed by atoms with Crippen molar-refractivity contribution in [1.29, 1.82) is 0 Å². The van der Waals surface area contributed by atoms with Crippen LogP contribution in [-0.2, 0) is 0 Å². The van der Waals surface area contributed by atoms with Gasteiger partial charge in [-0.15, -0.1) is 0 Å². The molecule has 0 spiro atoms. The molecule has 0 saturated carbocycles. The molecular formula is C26H18N4O4S. The second kappa shape index (κ2) is 9.32. The Morgan fingerprint density at radius 2 is 1.40 bits per heavy atom. The molecule has 0 saturated heterocycles. The highest BCUT2D eigenvalue weighted by Gasteiger charge is 2.18. The van der Waals surface area contributed by atoms with Gasteiger partial charge in [0, 0.05) is 22.6 Å². The lowest BCUT2D eigenvalue weighted by atomic mass is 10.1. The summed E-state index contributed by atoms with van der Waals surface area (Å²) in [4.78, 5) is 37.3. The van der Waals surface area contributed by atoms with E-state index in [-0.39, 0.29) is 17.2 Å². The van der Waals surface area contributed by atoms with Crippen molar-refractivity contribution in [2.24, 2.45) is 0 Å². The minimum absolute atomic E-state index is 0.0243. The lowest BCUT2D eigenvalue weighted by Gasteiger charge is -2.13. The normalized spacial score (nSPS) is 10.9. The fourth-order valence-corrected chi connectivity index (χ4v) is 4.37. The zero-order chi connectivity index (χ0) is 24.4. The third kappa shape index (κ3) is 4.32. The summed E-state index contributed by atoms with van der Waals surface area (Å²) in [7, 11) is 0. The highest BCUT2D eigenvalue weighted by molar-refractivity contribution is 7.98. The summed E-state index contributed by atoms with van der Waals surface area (Å²) in [5, 5.41) is 11.2. The maximum atomic E-state index is 13.5. The van der Waals surface area contributed by atoms with E-state index in [1.54, 1.807) is 35.0 Å². The maximum Gasteiger partial charge on any atom is 0.279 e. The number of nitrogens with one attached hydrogen (secondary N) is 1. The Labute approximate surface area is 203 Å². The van der Waals surface area contributed by atoms with Crippen molar-refractivity contribution in [3.63, 3.8) is 0 Å². The smallest absolute Gasteiger partial charge is 0.279 e. The van der Waals surface area contributed by atoms with E-state index in [1.807, 2.05) is 65.3 Å². The number of nitrogens with zero attached hydrogens (tertiary/aromatic N) is 3. The SMILES string of the molecule is O=C(NSc1ccc([N+](=O)[O-])cc1)c1ccc2c(c1)c(=O)n(-c1ccccc1)n2-c1ccccc1. The number of amides is 1. The Hall–Kier alpha value is -4.63. The van der Waals surface area contributed by atoms with Gasteiger partial charge >= 0.3 is 0 Å². The van der Waals surface area contributed by atoms with Gasteiger partial charge in [-0.1, -0.05) is 36.4 Å². The van der Waals surface area contributed by atoms with E-state index in [2.05, 4.69) is 4.72 Å². The lowest BCUT2D eigenvalue weighted by Crippen LogP contribution is -2.20. The maximum absolute atomic E-state index is 13.5. The molecule has 0 aliphatic rings. The number of non-ortho nitro benzene ring substituents is 1. The van der Waals surface area contributed by atoms with Crippen LogP contribution in [0.2, 0.25) is 0 Å². The molecule has 1 N–H and O–H groups in total. The monoisotopic (exact) mass is 482 g/mol. The van der Waals surface area contributed by atoms with Gasteiger partial charge in [-0.3, -0.25) is 24.4 Å². The molecule has 1 amide bonds. The third-order valence-corrected chi connectivity index (χ3v) is 6.22. The second-order valence-corrected chi connectivity index (χ2v) is 8.50. The molecule has 0 aliphatic heterocycles. The van der Waals surface area contributed by atoms with Gasteiger partial charge in [0.25, 0.3) is 17.2 Å². The van der Waals surface area contributed by atoms with Crippen molar-refractivity contribution in [2.75, 3.05) is 0 Å². The minimum Gasteiger partial charge on any atom is -0.292 e. The van der Waals surface area contributed by atoms with Crippen molar-refractivity contribution in [3.05, 3.63) is 129 Å². The molecule has 5 aromatic rings. The number of carbonyl (C=O) groups is 1. The molecule has 0 bridgehead atoms. The molecule has 0 aliphatic carbocycles. The Morgan fingerprint density at radius 1 is 0.800 bits per heavy atom. The fourth-order valence-electron chi connectivity index (χ4n) is 3.77. The first-order chi connectivity index (χ1) is 17.0. The van der Waals surface area contributed by atoms with Crippen LogP contribution in [0.1, 0.15) is 10.4 Å². The summed E-state index contributed by atoms with van der Waals surface area (Å²) in [6.45, 7) is 0. The molecule has 8 nitrogen and oxygen atoms in total. The van der Waals surface area contributed by atoms with Crippen molar-refractivity contribution in [3.8, 4) is 11.4 Å². The van der Waals surface area contributed by atoms with Crippen molar-refractivity contribution < 1.29 is 9.72 Å². The Morgan fingerprint density at radius 3 is 2.00 bits per heavy atom. The molecule has 0 fully saturated rings. The summed E-state index contributed by atoms with van der Waals surface area (Å²) in [5.74, 6) is -0.381. The molecule has 0 unspecified atom stereocenters. The van der Waals surface area contributed by atoms with Gasteiger partial charge in [0.1, 0.15) is 0 Å². The van der Waals surface area contributed by atoms with Crippen molar-refractivity contribution >= 4 is 34.4 Å². The number of fused-ring (bicyclic) bond motifs is 1. The molecule has 4 aromatic carbocycles. The zero-order valence-electron chi connectivity index (χ0n) is 18.2. The number of carbonyl (C=O) groups excluding carboxylic acids is 1. The zero-order valence-corrected chi connectivity index (χ0v) is 19.0. The van der Waals surface area contributed by atoms with E-state index in [0.29, 0.717) is 27.0 Å². The molecule has 35 heavy (non-hydrogen) atoms. The number of nitro benzene ring substituents is 1. The molecule has 0 atom stereocenters. The first-order valence-electron chi connectivity index (χ1n) is 10.6. The molecule has 5 rings (SSSR count). The first-order valence-corrected chi connectivity index (χ1v) is 11.4. The number of aromatic nitrogens is 2. The van der Waals surface area contributed by atoms with Crippen LogP contribution in [0, 0.1) is 10.1 Å². The van der Waals surface area contributed by atoms with Crippen LogP contribution in [0.5, 0.6) is 0 Å². The van der Waals surface area contributed by atoms with E-state index < -0.39 is 4.92 Å². The Balaban J connectivity index is 1.51. The predicted octanol–water partition coefficient (Wildman–Crippen LogP) is 5.13. The number of benzene rings is 4. The standard InChI is InChI=1S/C26H18N4O4S/c31-25(27-35-22-14-12-21(13-15-22)30(33)34)18-11-16-24-23(17-18)26(32)29(20-9-5-2-6-10-20)28(24)19-7-3-1-4-8-19/h1-17H,(H,27,31). The first kappa shape index (κ1) is 22.2. The predicted molar refractivity (Wildman–Crippen MR) is 135 cm³/mol. The molecule has 1 heterocycles. The van der Waals surface area contributed by atoms with Gasteiger partial charge in [0.05, 0.1) is 27.2 Å². The Bertz CT molecular complexity index is 1590. The lowest BCUT2D eigenvalue weighted by molar-refractivity contribution is -0.384. The van der Waals surface area contributed by atoms with Gasteiger partial charge in [0.2, 0.25) is 0 Å². The summed E-state index contributed by atoms with van der Waals surface area (Å²) in [5.41, 5.74) is 2.25. The number of para-hydroxylation sites is 2. The Kier molecular flexibility index (Phi) is 5.90. The van der Waals surface area contributed by atoms with Crippen LogP contribution < -0.4 is 10.3 Å². The van der Waals surface area contributed by atoms with E-state index in [0.717, 1.165) is 17.6 Å². The van der Waals surface area contributed by atoms with Gasteiger partial charge in [0.15, 0.2) is 0 Å². The highest BCUT2D eigenvalue weighted by atomic mass is 32.2. The molecule has 172 valence electrons. The van der Waals surface area contributed by atoms with Crippen LogP contribution >= 0.6 is 11.9 Å². The van der Waals surface area contributed by atoms with E-state index in [4.69, 9.17) is 0 Å². The number of nitro groups is 1. The van der Waals surface area contributed by atoms with Crippen LogP contribution in [0.25, 0.3) is 22.3 Å². The topological polar surface area (TPSA) is 99.2 Å². The summed E-state index contributed by atoms with van der Waals surface area (Å²) in [6.07, 6.45) is 0. The van der Waals surface area contributed by atoms with Crippen LogP contribution in [0.15, 0.2) is 113 Å². The third-order valence-electron chi connectivity index (χ3n) is 5.42. The largest absolute Gasteiger partial charge is 0.292 e. The molecule has 0 radical (unpaired) electrons. The quantitative estimate of drug-likeness (QED) is 0.206. The van der Waals surface area contributed by atoms with Crippen LogP contribution in [0.3, 0.4) is 0 Å². The van der Waals surface area contributed by atoms with E-state index in [9.17, 15) is 19.7 Å². The fraction of sp³-hybridized carbons (Fsp3) is 0. The van der Waals surface area contributed by atoms with E-state index in [1.165, 1.54) is 12.1 Å². The molecule has 9 heteroatoms. The van der Waals surface area contributed by atoms with Crippen molar-refractivity contribution in [2.45, 2.75) is 4.90 Å². The van der Waals surface area contributed by atoms with Gasteiger partial charge in [-0.2, -0.15) is 0 Å². The minimum atomic E-state index is -0.480. The van der Waals surface area contributed by atoms with Crippen molar-refractivity contribution in [1.82, 2.24) is 14.1 Å². The summed E-state index contributed by atoms with van der Waals surface area (Å²) < 4.78 is 6.15. The van der Waals surface area contributed by atoms with Crippen LogP contribution in [0.4, 0.5) is 5.69 Å². The molecular weight excluding hydrogens is 464 g/mol. The number of hydrogen-bond donors (Lipinski definition) is 1. The van der Waals surface area contributed by atoms with Crippen LogP contribution in [-0.4, -0.2) is 20.2 Å².